The van der Waals surface area contributed by atoms with Crippen LogP contribution in [0.25, 0.3) is 0 Å². The number of nitrogens with zero attached hydrogens (tertiary/aromatic N) is 2. The fourth-order valence-electron chi connectivity index (χ4n) is 3.36. The van der Waals surface area contributed by atoms with Crippen LogP contribution in [0.15, 0.2) is 10.7 Å². The molecule has 6 nitrogen and oxygen atoms in total. The highest BCUT2D eigenvalue weighted by molar-refractivity contribution is 5.86. The molecule has 0 spiro atoms. The van der Waals surface area contributed by atoms with Crippen molar-refractivity contribution in [2.75, 3.05) is 20.3 Å². The second kappa shape index (κ2) is 7.45. The van der Waals surface area contributed by atoms with Crippen molar-refractivity contribution in [1.82, 2.24) is 9.88 Å². The van der Waals surface area contributed by atoms with E-state index in [1.54, 1.807) is 0 Å². The van der Waals surface area contributed by atoms with Crippen molar-refractivity contribution in [1.29, 1.82) is 0 Å². The summed E-state index contributed by atoms with van der Waals surface area (Å²) in [5.74, 6) is 0.0805. The van der Waals surface area contributed by atoms with Crippen molar-refractivity contribution in [3.8, 4) is 0 Å². The van der Waals surface area contributed by atoms with Gasteiger partial charge in [-0.3, -0.25) is 4.90 Å². The normalized spacial score (nSPS) is 22.9. The predicted octanol–water partition coefficient (Wildman–Crippen LogP) is 2.88. The molecule has 2 atom stereocenters. The largest absolute Gasteiger partial charge is 0.464 e. The van der Waals surface area contributed by atoms with Crippen molar-refractivity contribution < 1.29 is 18.7 Å². The number of hydrogen-bond donors (Lipinski definition) is 0. The van der Waals surface area contributed by atoms with Crippen molar-refractivity contribution in [3.05, 3.63) is 17.8 Å². The number of methoxy groups -OCH3 is 1. The zero-order valence-corrected chi connectivity index (χ0v) is 14.8. The minimum Gasteiger partial charge on any atom is -0.464 e. The van der Waals surface area contributed by atoms with Crippen LogP contribution in [-0.4, -0.2) is 48.3 Å². The zero-order chi connectivity index (χ0) is 17.0. The van der Waals surface area contributed by atoms with Crippen LogP contribution in [0, 0.1) is 5.41 Å². The standard InChI is InChI=1S/C17H28N2O4/c1-6-8-19(13-9-14(22-7-2)17(13,3)4)10-15-18-12(11-23-15)16(20)21-5/h11,13-14H,6-10H2,1-5H3/t13-,14+/m1/s1. The highest BCUT2D eigenvalue weighted by Crippen LogP contribution is 2.46. The van der Waals surface area contributed by atoms with Gasteiger partial charge in [0.05, 0.1) is 19.8 Å². The van der Waals surface area contributed by atoms with Crippen LogP contribution in [0.4, 0.5) is 0 Å². The van der Waals surface area contributed by atoms with Crippen molar-refractivity contribution in [3.63, 3.8) is 0 Å². The molecule has 1 aromatic rings. The summed E-state index contributed by atoms with van der Waals surface area (Å²) in [6, 6.07) is 0.424. The second-order valence-corrected chi connectivity index (χ2v) is 6.61. The summed E-state index contributed by atoms with van der Waals surface area (Å²) >= 11 is 0. The quantitative estimate of drug-likeness (QED) is 0.685. The fourth-order valence-corrected chi connectivity index (χ4v) is 3.36. The van der Waals surface area contributed by atoms with Gasteiger partial charge < -0.3 is 13.9 Å². The van der Waals surface area contributed by atoms with E-state index in [-0.39, 0.29) is 11.1 Å². The third kappa shape index (κ3) is 3.75. The first kappa shape index (κ1) is 17.9. The average molecular weight is 324 g/mol. The van der Waals surface area contributed by atoms with Crippen LogP contribution in [0.5, 0.6) is 0 Å². The topological polar surface area (TPSA) is 64.8 Å². The number of oxazole rings is 1. The second-order valence-electron chi connectivity index (χ2n) is 6.61. The molecule has 1 aliphatic rings. The van der Waals surface area contributed by atoms with Crippen LogP contribution in [-0.2, 0) is 16.0 Å². The summed E-state index contributed by atoms with van der Waals surface area (Å²) in [5, 5.41) is 0. The molecule has 2 rings (SSSR count). The Labute approximate surface area is 138 Å². The monoisotopic (exact) mass is 324 g/mol. The molecule has 0 aromatic carbocycles. The summed E-state index contributed by atoms with van der Waals surface area (Å²) in [7, 11) is 1.34. The van der Waals surface area contributed by atoms with Gasteiger partial charge in [-0.15, -0.1) is 0 Å². The van der Waals surface area contributed by atoms with Crippen LogP contribution in [0.2, 0.25) is 0 Å². The smallest absolute Gasteiger partial charge is 0.360 e. The molecule has 0 saturated heterocycles. The summed E-state index contributed by atoms with van der Waals surface area (Å²) in [6.07, 6.45) is 3.73. The van der Waals surface area contributed by atoms with E-state index in [0.29, 0.717) is 24.6 Å². The van der Waals surface area contributed by atoms with E-state index in [4.69, 9.17) is 9.15 Å². The molecule has 1 aromatic heterocycles. The lowest BCUT2D eigenvalue weighted by Crippen LogP contribution is -2.62. The Bertz CT molecular complexity index is 526. The minimum atomic E-state index is -0.470. The zero-order valence-electron chi connectivity index (χ0n) is 14.8. The molecule has 0 bridgehead atoms. The Morgan fingerprint density at radius 2 is 2.22 bits per heavy atom. The van der Waals surface area contributed by atoms with Crippen LogP contribution in [0.3, 0.4) is 0 Å². The van der Waals surface area contributed by atoms with E-state index in [1.807, 2.05) is 6.92 Å². The SMILES string of the molecule is CCCN(Cc1nc(C(=O)OC)co1)[C@@H]1C[C@H](OCC)C1(C)C. The average Bonchev–Trinajstić information content (AvgIpc) is 2.98. The Kier molecular flexibility index (Phi) is 5.81. The molecule has 1 heterocycles. The van der Waals surface area contributed by atoms with Crippen LogP contribution < -0.4 is 0 Å². The number of rotatable bonds is 8. The van der Waals surface area contributed by atoms with Crippen molar-refractivity contribution in [2.24, 2.45) is 5.41 Å². The van der Waals surface area contributed by atoms with E-state index in [2.05, 4.69) is 35.4 Å². The maximum absolute atomic E-state index is 11.5. The molecule has 0 aliphatic heterocycles. The molecule has 6 heteroatoms. The van der Waals surface area contributed by atoms with Crippen molar-refractivity contribution >= 4 is 5.97 Å². The molecular formula is C17H28N2O4. The van der Waals surface area contributed by atoms with Gasteiger partial charge in [0.1, 0.15) is 6.26 Å². The summed E-state index contributed by atoms with van der Waals surface area (Å²) in [6.45, 7) is 11.0. The Morgan fingerprint density at radius 1 is 1.48 bits per heavy atom. The molecule has 130 valence electrons. The maximum Gasteiger partial charge on any atom is 0.360 e. The van der Waals surface area contributed by atoms with Crippen LogP contribution in [0.1, 0.15) is 56.9 Å². The fraction of sp³-hybridized carbons (Fsp3) is 0.765. The molecule has 0 amide bonds. The molecule has 1 saturated carbocycles. The van der Waals surface area contributed by atoms with Gasteiger partial charge in [-0.05, 0) is 26.3 Å². The van der Waals surface area contributed by atoms with E-state index in [0.717, 1.165) is 26.0 Å². The minimum absolute atomic E-state index is 0.100. The number of ether oxygens (including phenoxy) is 2. The van der Waals surface area contributed by atoms with E-state index >= 15 is 0 Å². The molecule has 0 unspecified atom stereocenters. The molecular weight excluding hydrogens is 296 g/mol. The van der Waals surface area contributed by atoms with E-state index < -0.39 is 5.97 Å². The highest BCUT2D eigenvalue weighted by atomic mass is 16.5. The first-order chi connectivity index (χ1) is 10.9. The number of esters is 1. The lowest BCUT2D eigenvalue weighted by atomic mass is 9.63. The number of hydrogen-bond acceptors (Lipinski definition) is 6. The van der Waals surface area contributed by atoms with Gasteiger partial charge in [0.15, 0.2) is 5.69 Å². The number of carbonyl (C=O) groups excluding carboxylic acids is 1. The van der Waals surface area contributed by atoms with Gasteiger partial charge in [-0.2, -0.15) is 0 Å². The summed E-state index contributed by atoms with van der Waals surface area (Å²) in [5.41, 5.74) is 0.321. The maximum atomic E-state index is 11.5. The lowest BCUT2D eigenvalue weighted by Gasteiger charge is -2.55. The molecule has 0 radical (unpaired) electrons. The first-order valence-electron chi connectivity index (χ1n) is 8.32. The summed E-state index contributed by atoms with van der Waals surface area (Å²) < 4.78 is 15.9. The van der Waals surface area contributed by atoms with Gasteiger partial charge in [0.25, 0.3) is 0 Å². The van der Waals surface area contributed by atoms with Crippen molar-refractivity contribution in [2.45, 2.75) is 59.2 Å². The molecule has 0 N–H and O–H groups in total. The Hall–Kier alpha value is -1.40. The van der Waals surface area contributed by atoms with Gasteiger partial charge in [-0.1, -0.05) is 20.8 Å². The molecule has 1 fully saturated rings. The van der Waals surface area contributed by atoms with Crippen LogP contribution >= 0.6 is 0 Å². The Balaban J connectivity index is 2.05. The van der Waals surface area contributed by atoms with E-state index in [9.17, 15) is 4.79 Å². The van der Waals surface area contributed by atoms with Gasteiger partial charge in [0.2, 0.25) is 5.89 Å². The first-order valence-corrected chi connectivity index (χ1v) is 8.32. The molecule has 23 heavy (non-hydrogen) atoms. The third-order valence-corrected chi connectivity index (χ3v) is 4.73. The van der Waals surface area contributed by atoms with Gasteiger partial charge in [0, 0.05) is 18.1 Å². The van der Waals surface area contributed by atoms with Gasteiger partial charge in [-0.25, -0.2) is 9.78 Å². The predicted molar refractivity (Wildman–Crippen MR) is 86.1 cm³/mol. The Morgan fingerprint density at radius 3 is 2.78 bits per heavy atom. The summed E-state index contributed by atoms with van der Waals surface area (Å²) in [4.78, 5) is 18.1. The lowest BCUT2D eigenvalue weighted by molar-refractivity contribution is -0.152. The van der Waals surface area contributed by atoms with E-state index in [1.165, 1.54) is 13.4 Å². The van der Waals surface area contributed by atoms with Gasteiger partial charge >= 0.3 is 5.97 Å². The number of carbonyl (C=O) groups is 1. The highest BCUT2D eigenvalue weighted by Gasteiger charge is 2.51. The third-order valence-electron chi connectivity index (χ3n) is 4.73. The molecule has 1 aliphatic carbocycles. The number of aromatic nitrogens is 1.